The summed E-state index contributed by atoms with van der Waals surface area (Å²) in [4.78, 5) is 26.7. The second-order valence-electron chi connectivity index (χ2n) is 8.37. The maximum Gasteiger partial charge on any atom is 0.290 e. The van der Waals surface area contributed by atoms with Gasteiger partial charge in [-0.05, 0) is 35.6 Å². The van der Waals surface area contributed by atoms with Gasteiger partial charge in [-0.3, -0.25) is 14.6 Å². The van der Waals surface area contributed by atoms with E-state index in [1.165, 1.54) is 21.6 Å². The van der Waals surface area contributed by atoms with Crippen LogP contribution in [0.5, 0.6) is 5.75 Å². The van der Waals surface area contributed by atoms with Gasteiger partial charge < -0.3 is 5.11 Å². The van der Waals surface area contributed by atoms with Crippen LogP contribution in [0.2, 0.25) is 0 Å². The van der Waals surface area contributed by atoms with Crippen molar-refractivity contribution in [3.05, 3.63) is 87.3 Å². The van der Waals surface area contributed by atoms with Gasteiger partial charge in [0.25, 0.3) is 5.91 Å². The lowest BCUT2D eigenvalue weighted by molar-refractivity contribution is -0.104. The molecule has 4 heterocycles. The van der Waals surface area contributed by atoms with Gasteiger partial charge in [-0.1, -0.05) is 42.5 Å². The molecule has 3 aromatic rings. The molecule has 0 saturated carbocycles. The maximum atomic E-state index is 13.3. The summed E-state index contributed by atoms with van der Waals surface area (Å²) in [5, 5.41) is 18.8. The molecule has 1 fully saturated rings. The Morgan fingerprint density at radius 1 is 0.969 bits per heavy atom. The average Bonchev–Trinajstić information content (AvgIpc) is 2.99. The van der Waals surface area contributed by atoms with Gasteiger partial charge in [-0.2, -0.15) is 10.1 Å². The van der Waals surface area contributed by atoms with Crippen molar-refractivity contribution in [3.8, 4) is 5.75 Å². The topological polar surface area (TPSA) is 78.7 Å². The highest BCUT2D eigenvalue weighted by Crippen LogP contribution is 2.48. The van der Waals surface area contributed by atoms with E-state index in [0.29, 0.717) is 13.1 Å². The van der Waals surface area contributed by atoms with E-state index in [0.717, 1.165) is 24.8 Å². The largest absolute Gasteiger partial charge is 0.502 e. The number of hydrogen-bond acceptors (Lipinski definition) is 6. The number of hydrogen-bond donors (Lipinski definition) is 1. The zero-order valence-electron chi connectivity index (χ0n) is 17.3. The minimum Gasteiger partial charge on any atom is -0.502 e. The summed E-state index contributed by atoms with van der Waals surface area (Å²) < 4.78 is 1.58. The number of fused-ring (bicyclic) bond motifs is 4. The molecule has 7 nitrogen and oxygen atoms in total. The number of aromatic nitrogens is 2. The van der Waals surface area contributed by atoms with Gasteiger partial charge in [0, 0.05) is 29.7 Å². The monoisotopic (exact) mass is 446 g/mol. The summed E-state index contributed by atoms with van der Waals surface area (Å²) in [5.74, 6) is -0.161. The predicted molar refractivity (Wildman–Crippen MR) is 120 cm³/mol. The molecule has 162 valence electrons. The van der Waals surface area contributed by atoms with Crippen LogP contribution in [-0.2, 0) is 5.75 Å². The first-order valence-corrected chi connectivity index (χ1v) is 11.8. The molecule has 1 N–H and O–H groups in total. The highest BCUT2D eigenvalue weighted by molar-refractivity contribution is 7.98. The lowest BCUT2D eigenvalue weighted by atomic mass is 9.85. The summed E-state index contributed by atoms with van der Waals surface area (Å²) in [6.07, 6.45) is 2.58. The normalized spacial score (nSPS) is 22.4. The third-order valence-electron chi connectivity index (χ3n) is 6.62. The van der Waals surface area contributed by atoms with Crippen LogP contribution in [0.3, 0.4) is 0 Å². The maximum absolute atomic E-state index is 13.3. The molecular formula is C24H22N4O3S. The lowest BCUT2D eigenvalue weighted by Gasteiger charge is -2.49. The van der Waals surface area contributed by atoms with E-state index >= 15 is 0 Å². The molecule has 32 heavy (non-hydrogen) atoms. The van der Waals surface area contributed by atoms with E-state index < -0.39 is 11.2 Å². The zero-order chi connectivity index (χ0) is 21.8. The van der Waals surface area contributed by atoms with Gasteiger partial charge in [0.05, 0.1) is 6.20 Å². The van der Waals surface area contributed by atoms with E-state index in [1.54, 1.807) is 9.69 Å². The molecule has 8 heteroatoms. The van der Waals surface area contributed by atoms with Crippen LogP contribution in [0.15, 0.2) is 64.4 Å². The average molecular weight is 447 g/mol. The molecule has 3 aliphatic heterocycles. The Labute approximate surface area is 189 Å². The van der Waals surface area contributed by atoms with Crippen LogP contribution in [0.1, 0.15) is 52.1 Å². The number of aromatic hydroxyl groups is 1. The van der Waals surface area contributed by atoms with Crippen molar-refractivity contribution < 1.29 is 9.90 Å². The summed E-state index contributed by atoms with van der Waals surface area (Å²) in [7, 11) is 0. The lowest BCUT2D eigenvalue weighted by Crippen LogP contribution is -2.59. The predicted octanol–water partition coefficient (Wildman–Crippen LogP) is 3.35. The number of thioether (sulfide) groups is 1. The number of benzene rings is 2. The van der Waals surface area contributed by atoms with Crippen molar-refractivity contribution in [3.63, 3.8) is 0 Å². The molecule has 0 aliphatic carbocycles. The van der Waals surface area contributed by atoms with E-state index in [2.05, 4.69) is 40.4 Å². The third kappa shape index (κ3) is 2.83. The number of carbonyl (C=O) groups excluding carboxylic acids is 1. The Morgan fingerprint density at radius 2 is 1.72 bits per heavy atom. The van der Waals surface area contributed by atoms with Gasteiger partial charge in [-0.25, -0.2) is 4.68 Å². The molecule has 0 radical (unpaired) electrons. The highest BCUT2D eigenvalue weighted by atomic mass is 32.2. The molecule has 1 saturated heterocycles. The molecule has 0 bridgehead atoms. The van der Waals surface area contributed by atoms with E-state index in [4.69, 9.17) is 0 Å². The standard InChI is InChI=1S/C24H22N4O3S/c29-18-13-25-28-21(22(18)30)24(31)27-12-6-5-11-26(27)23(28)20-16-8-2-1-7-15(16)14-32-19-10-4-3-9-17(19)20/h1-4,7-10,13,20,23,30H,5-6,11-12,14H2. The fourth-order valence-corrected chi connectivity index (χ4v) is 6.29. The molecule has 3 aliphatic rings. The van der Waals surface area contributed by atoms with Gasteiger partial charge in [0.1, 0.15) is 6.17 Å². The van der Waals surface area contributed by atoms with Crippen molar-refractivity contribution in [2.45, 2.75) is 35.6 Å². The molecule has 2 aromatic carbocycles. The molecular weight excluding hydrogens is 424 g/mol. The van der Waals surface area contributed by atoms with Gasteiger partial charge in [-0.15, -0.1) is 11.8 Å². The minimum absolute atomic E-state index is 0.0208. The zero-order valence-corrected chi connectivity index (χ0v) is 18.2. The number of amides is 1. The summed E-state index contributed by atoms with van der Waals surface area (Å²) in [5.41, 5.74) is 2.93. The molecule has 1 aromatic heterocycles. The van der Waals surface area contributed by atoms with E-state index in [-0.39, 0.29) is 23.7 Å². The van der Waals surface area contributed by atoms with Crippen molar-refractivity contribution in [1.29, 1.82) is 0 Å². The molecule has 6 rings (SSSR count). The minimum atomic E-state index is -0.633. The van der Waals surface area contributed by atoms with Crippen LogP contribution < -0.4 is 5.43 Å². The van der Waals surface area contributed by atoms with E-state index in [1.807, 2.05) is 30.0 Å². The second-order valence-corrected chi connectivity index (χ2v) is 9.38. The van der Waals surface area contributed by atoms with Crippen LogP contribution in [0, 0.1) is 0 Å². The van der Waals surface area contributed by atoms with Crippen LogP contribution in [0.25, 0.3) is 0 Å². The summed E-state index contributed by atoms with van der Waals surface area (Å²) in [6, 6.07) is 16.8. The molecule has 2 atom stereocenters. The SMILES string of the molecule is O=C1c2c(O)c(=O)cnn2C(C2c3ccccc3CSc3ccccc32)N2CCCCN12. The van der Waals surface area contributed by atoms with Crippen molar-refractivity contribution in [1.82, 2.24) is 19.8 Å². The highest BCUT2D eigenvalue weighted by Gasteiger charge is 2.46. The summed E-state index contributed by atoms with van der Waals surface area (Å²) in [6.45, 7) is 1.26. The molecule has 0 spiro atoms. The van der Waals surface area contributed by atoms with Crippen molar-refractivity contribution in [2.75, 3.05) is 13.1 Å². The van der Waals surface area contributed by atoms with Gasteiger partial charge in [0.2, 0.25) is 5.43 Å². The number of hydrazine groups is 1. The molecule has 1 amide bonds. The smallest absolute Gasteiger partial charge is 0.290 e. The van der Waals surface area contributed by atoms with Gasteiger partial charge >= 0.3 is 0 Å². The molecule has 2 unspecified atom stereocenters. The Kier molecular flexibility index (Phi) is 4.58. The first kappa shape index (κ1) is 19.6. The van der Waals surface area contributed by atoms with Crippen LogP contribution in [-0.4, -0.2) is 43.9 Å². The first-order valence-electron chi connectivity index (χ1n) is 10.8. The van der Waals surface area contributed by atoms with Crippen LogP contribution in [0.4, 0.5) is 0 Å². The number of rotatable bonds is 1. The Morgan fingerprint density at radius 3 is 2.59 bits per heavy atom. The van der Waals surface area contributed by atoms with Crippen molar-refractivity contribution in [2.24, 2.45) is 0 Å². The Balaban J connectivity index is 1.66. The second kappa shape index (κ2) is 7.50. The third-order valence-corrected chi connectivity index (χ3v) is 7.76. The van der Waals surface area contributed by atoms with Gasteiger partial charge in [0.15, 0.2) is 11.4 Å². The summed E-state index contributed by atoms with van der Waals surface area (Å²) >= 11 is 1.81. The quantitative estimate of drug-likeness (QED) is 0.618. The fraction of sp³-hybridized carbons (Fsp3) is 0.292. The number of nitrogens with zero attached hydrogens (tertiary/aromatic N) is 4. The fourth-order valence-electron chi connectivity index (χ4n) is 5.18. The first-order chi connectivity index (χ1) is 15.6. The Bertz CT molecular complexity index is 1240. The van der Waals surface area contributed by atoms with E-state index in [9.17, 15) is 14.7 Å². The Hall–Kier alpha value is -3.10. The van der Waals surface area contributed by atoms with Crippen LogP contribution >= 0.6 is 11.8 Å². The van der Waals surface area contributed by atoms with Crippen molar-refractivity contribution >= 4 is 17.7 Å². The number of carbonyl (C=O) groups is 1.